The number of nitrogen functional groups attached to an aromatic ring is 1. The maximum atomic E-state index is 6.41. The molecule has 2 N–H and O–H groups in total. The number of rotatable bonds is 3. The van der Waals surface area contributed by atoms with Crippen molar-refractivity contribution in [2.45, 2.75) is 0 Å². The van der Waals surface area contributed by atoms with Gasteiger partial charge >= 0.3 is 151 Å². The van der Waals surface area contributed by atoms with Crippen LogP contribution >= 0.6 is 0 Å². The zero-order valence-electron chi connectivity index (χ0n) is 12.5. The summed E-state index contributed by atoms with van der Waals surface area (Å²) in [6, 6.07) is 19.8. The van der Waals surface area contributed by atoms with E-state index >= 15 is 0 Å². The standard InChI is InChI=1S/C17H15N4Se2/c1-20-14(16(22)19-12-8-4-2-5-9-12)15(18)21(17(20)23)13-10-6-3-7-11-13/h2-11H,18H2,1H3. The van der Waals surface area contributed by atoms with Gasteiger partial charge in [-0.2, -0.15) is 0 Å². The number of nitrogens with two attached hydrogens (primary N) is 1. The topological polar surface area (TPSA) is 48.2 Å². The van der Waals surface area contributed by atoms with Gasteiger partial charge in [0.15, 0.2) is 0 Å². The molecule has 0 fully saturated rings. The molecule has 0 spiro atoms. The fourth-order valence-electron chi connectivity index (χ4n) is 2.38. The summed E-state index contributed by atoms with van der Waals surface area (Å²) in [6.45, 7) is 0. The van der Waals surface area contributed by atoms with E-state index in [1.54, 1.807) is 0 Å². The van der Waals surface area contributed by atoms with E-state index < -0.39 is 0 Å². The Labute approximate surface area is 150 Å². The van der Waals surface area contributed by atoms with Crippen molar-refractivity contribution >= 4 is 47.7 Å². The van der Waals surface area contributed by atoms with E-state index in [4.69, 9.17) is 5.73 Å². The molecule has 4 nitrogen and oxygen atoms in total. The number of anilines is 1. The monoisotopic (exact) mass is 435 g/mol. The van der Waals surface area contributed by atoms with Gasteiger partial charge in [-0.05, 0) is 0 Å². The Morgan fingerprint density at radius 3 is 2.17 bits per heavy atom. The molecule has 1 aromatic heterocycles. The number of aromatic nitrogens is 2. The third kappa shape index (κ3) is 3.12. The zero-order chi connectivity index (χ0) is 16.4. The maximum absolute atomic E-state index is 6.41. The van der Waals surface area contributed by atoms with Gasteiger partial charge in [-0.1, -0.05) is 0 Å². The zero-order valence-corrected chi connectivity index (χ0v) is 15.9. The third-order valence-electron chi connectivity index (χ3n) is 3.50. The van der Waals surface area contributed by atoms with Crippen LogP contribution in [0.3, 0.4) is 0 Å². The molecule has 0 aliphatic heterocycles. The summed E-state index contributed by atoms with van der Waals surface area (Å²) in [7, 11) is 1.97. The Bertz CT molecular complexity index is 909. The van der Waals surface area contributed by atoms with Crippen molar-refractivity contribution in [1.82, 2.24) is 9.13 Å². The third-order valence-corrected chi connectivity index (χ3v) is 5.06. The number of aliphatic imine (C=N–C) groups is 1. The van der Waals surface area contributed by atoms with Gasteiger partial charge in [0.05, 0.1) is 0 Å². The van der Waals surface area contributed by atoms with Gasteiger partial charge in [0, 0.05) is 0 Å². The van der Waals surface area contributed by atoms with E-state index in [9.17, 15) is 0 Å². The van der Waals surface area contributed by atoms with Gasteiger partial charge in [-0.25, -0.2) is 0 Å². The van der Waals surface area contributed by atoms with E-state index in [0.29, 0.717) is 5.82 Å². The quantitative estimate of drug-likeness (QED) is 0.501. The van der Waals surface area contributed by atoms with Crippen LogP contribution in [0.15, 0.2) is 65.7 Å². The molecular formula is C17H15N4Se2. The Balaban J connectivity index is 2.15. The molecule has 3 aromatic rings. The minimum absolute atomic E-state index is 0.640. The summed E-state index contributed by atoms with van der Waals surface area (Å²) in [5, 5.41) is 0. The summed E-state index contributed by atoms with van der Waals surface area (Å²) >= 11 is 6.13. The van der Waals surface area contributed by atoms with Crippen molar-refractivity contribution in [1.29, 1.82) is 0 Å². The SMILES string of the molecule is Cn1c(C([Se])=Nc2ccccc2)c(N)n(-c2ccccc2)c1=[Se]. The first-order valence-electron chi connectivity index (χ1n) is 7.03. The van der Waals surface area contributed by atoms with Crippen LogP contribution < -0.4 is 5.73 Å². The summed E-state index contributed by atoms with van der Waals surface area (Å²) < 4.78 is 5.65. The molecule has 2 aromatic carbocycles. The molecule has 6 heteroatoms. The molecule has 3 rings (SSSR count). The molecule has 0 amide bonds. The summed E-state index contributed by atoms with van der Waals surface area (Å²) in [6.07, 6.45) is 0. The Morgan fingerprint density at radius 1 is 1.00 bits per heavy atom. The first kappa shape index (κ1) is 16.0. The normalized spacial score (nSPS) is 11.6. The van der Waals surface area contributed by atoms with Gasteiger partial charge < -0.3 is 0 Å². The van der Waals surface area contributed by atoms with Gasteiger partial charge in [-0.3, -0.25) is 0 Å². The van der Waals surface area contributed by atoms with Crippen molar-refractivity contribution in [2.75, 3.05) is 5.73 Å². The predicted octanol–water partition coefficient (Wildman–Crippen LogP) is 2.35. The first-order chi connectivity index (χ1) is 11.1. The molecule has 1 heterocycles. The fraction of sp³-hybridized carbons (Fsp3) is 0.0588. The molecule has 0 bridgehead atoms. The minimum atomic E-state index is 0.640. The van der Waals surface area contributed by atoms with Gasteiger partial charge in [0.25, 0.3) is 0 Å². The van der Waals surface area contributed by atoms with E-state index in [1.165, 1.54) is 0 Å². The predicted molar refractivity (Wildman–Crippen MR) is 96.5 cm³/mol. The Morgan fingerprint density at radius 2 is 1.57 bits per heavy atom. The number of hydrogen-bond acceptors (Lipinski definition) is 2. The van der Waals surface area contributed by atoms with Crippen LogP contribution in [0, 0.1) is 4.32 Å². The van der Waals surface area contributed by atoms with Crippen molar-refractivity contribution in [2.24, 2.45) is 12.0 Å². The molecule has 0 aliphatic carbocycles. The van der Waals surface area contributed by atoms with Gasteiger partial charge in [0.1, 0.15) is 0 Å². The van der Waals surface area contributed by atoms with Crippen LogP contribution in [0.1, 0.15) is 5.69 Å². The van der Waals surface area contributed by atoms with Crippen LogP contribution in [0.4, 0.5) is 11.5 Å². The summed E-state index contributed by atoms with van der Waals surface area (Å²) in [5.74, 6) is 0.640. The number of imidazole rings is 1. The molecular weight excluding hydrogens is 418 g/mol. The molecule has 0 aliphatic rings. The van der Waals surface area contributed by atoms with Crippen molar-refractivity contribution in [3.63, 3.8) is 0 Å². The number of benzene rings is 2. The molecule has 115 valence electrons. The van der Waals surface area contributed by atoms with Crippen LogP contribution in [0.5, 0.6) is 0 Å². The average molecular weight is 433 g/mol. The number of para-hydroxylation sites is 2. The molecule has 1 radical (unpaired) electrons. The second kappa shape index (κ2) is 6.73. The van der Waals surface area contributed by atoms with Gasteiger partial charge in [0.2, 0.25) is 0 Å². The number of hydrogen-bond donors (Lipinski definition) is 1. The van der Waals surface area contributed by atoms with Crippen molar-refractivity contribution < 1.29 is 0 Å². The molecule has 0 atom stereocenters. The second-order valence-electron chi connectivity index (χ2n) is 5.00. The van der Waals surface area contributed by atoms with Crippen molar-refractivity contribution in [3.8, 4) is 5.69 Å². The van der Waals surface area contributed by atoms with Crippen LogP contribution in [0.2, 0.25) is 0 Å². The fourth-order valence-corrected chi connectivity index (χ4v) is 3.73. The molecule has 23 heavy (non-hydrogen) atoms. The van der Waals surface area contributed by atoms with Crippen LogP contribution in [-0.4, -0.2) is 45.3 Å². The molecule has 0 saturated carbocycles. The first-order valence-corrected chi connectivity index (χ1v) is 8.74. The van der Waals surface area contributed by atoms with Crippen LogP contribution in [0.25, 0.3) is 5.69 Å². The Kier molecular flexibility index (Phi) is 4.69. The van der Waals surface area contributed by atoms with Gasteiger partial charge in [-0.15, -0.1) is 0 Å². The molecule has 0 unspecified atom stereocenters. The summed E-state index contributed by atoms with van der Waals surface area (Å²) in [4.78, 5) is 4.63. The molecule has 0 saturated heterocycles. The van der Waals surface area contributed by atoms with E-state index in [2.05, 4.69) is 36.6 Å². The Hall–Kier alpha value is -1.84. The number of nitrogens with zero attached hydrogens (tertiary/aromatic N) is 3. The van der Waals surface area contributed by atoms with Crippen LogP contribution in [-0.2, 0) is 7.05 Å². The van der Waals surface area contributed by atoms with E-state index in [-0.39, 0.29) is 0 Å². The second-order valence-corrected chi connectivity index (χ2v) is 6.58. The van der Waals surface area contributed by atoms with Crippen molar-refractivity contribution in [3.05, 3.63) is 70.7 Å². The summed E-state index contributed by atoms with van der Waals surface area (Å²) in [5.41, 5.74) is 9.16. The van der Waals surface area contributed by atoms with E-state index in [1.807, 2.05) is 76.8 Å². The van der Waals surface area contributed by atoms with E-state index in [0.717, 1.165) is 26.0 Å². The average Bonchev–Trinajstić information content (AvgIpc) is 2.79.